The number of hydrogen-bond acceptors (Lipinski definition) is 4. The molecule has 0 amide bonds. The first kappa shape index (κ1) is 13.1. The lowest BCUT2D eigenvalue weighted by atomic mass is 10.2. The third kappa shape index (κ3) is 2.90. The summed E-state index contributed by atoms with van der Waals surface area (Å²) in [6.45, 7) is 0.453. The average molecular weight is 282 g/mol. The van der Waals surface area contributed by atoms with Crippen LogP contribution >= 0.6 is 23.6 Å². The van der Waals surface area contributed by atoms with Gasteiger partial charge in [-0.2, -0.15) is 0 Å². The van der Waals surface area contributed by atoms with Gasteiger partial charge in [-0.3, -0.25) is 4.84 Å². The van der Waals surface area contributed by atoms with E-state index in [9.17, 15) is 0 Å². The van der Waals surface area contributed by atoms with Crippen LogP contribution in [-0.4, -0.2) is 19.3 Å². The third-order valence-electron chi connectivity index (χ3n) is 2.48. The van der Waals surface area contributed by atoms with Gasteiger partial charge >= 0.3 is 0 Å². The van der Waals surface area contributed by atoms with Gasteiger partial charge in [0.2, 0.25) is 0 Å². The van der Waals surface area contributed by atoms with Crippen molar-refractivity contribution in [2.24, 2.45) is 0 Å². The van der Waals surface area contributed by atoms with Crippen molar-refractivity contribution >= 4 is 38.8 Å². The summed E-state index contributed by atoms with van der Waals surface area (Å²) in [6, 6.07) is 6.02. The van der Waals surface area contributed by atoms with Crippen LogP contribution in [0.1, 0.15) is 5.56 Å². The van der Waals surface area contributed by atoms with Crippen molar-refractivity contribution in [2.75, 3.05) is 14.2 Å². The minimum atomic E-state index is 0.453. The second-order valence-corrected chi connectivity index (χ2v) is 4.91. The SMILES string of the molecule is CNC(=S)NOCc1csc2ccc(OC)cc12. The molecular formula is C12H14N2O2S2. The van der Waals surface area contributed by atoms with E-state index in [1.54, 1.807) is 25.5 Å². The highest BCUT2D eigenvalue weighted by atomic mass is 32.1. The van der Waals surface area contributed by atoms with Gasteiger partial charge in [-0.05, 0) is 41.4 Å². The lowest BCUT2D eigenvalue weighted by Gasteiger charge is -2.07. The minimum absolute atomic E-state index is 0.453. The topological polar surface area (TPSA) is 42.5 Å². The summed E-state index contributed by atoms with van der Waals surface area (Å²) in [5.41, 5.74) is 3.77. The van der Waals surface area contributed by atoms with Gasteiger partial charge in [0.15, 0.2) is 5.11 Å². The fraction of sp³-hybridized carbons (Fsp3) is 0.250. The number of ether oxygens (including phenoxy) is 1. The van der Waals surface area contributed by atoms with Crippen molar-refractivity contribution in [3.05, 3.63) is 29.1 Å². The normalized spacial score (nSPS) is 10.3. The number of fused-ring (bicyclic) bond motifs is 1. The molecule has 1 aromatic carbocycles. The highest BCUT2D eigenvalue weighted by molar-refractivity contribution is 7.80. The highest BCUT2D eigenvalue weighted by Crippen LogP contribution is 2.29. The summed E-state index contributed by atoms with van der Waals surface area (Å²) in [5.74, 6) is 0.848. The zero-order chi connectivity index (χ0) is 13.0. The van der Waals surface area contributed by atoms with Gasteiger partial charge in [0.05, 0.1) is 7.11 Å². The summed E-state index contributed by atoms with van der Waals surface area (Å²) < 4.78 is 6.44. The van der Waals surface area contributed by atoms with Crippen LogP contribution in [0.5, 0.6) is 5.75 Å². The zero-order valence-electron chi connectivity index (χ0n) is 10.1. The summed E-state index contributed by atoms with van der Waals surface area (Å²) >= 11 is 6.61. The Labute approximate surface area is 115 Å². The van der Waals surface area contributed by atoms with Crippen LogP contribution < -0.4 is 15.5 Å². The maximum absolute atomic E-state index is 5.32. The Hall–Kier alpha value is -1.37. The quantitative estimate of drug-likeness (QED) is 0.666. The van der Waals surface area contributed by atoms with Crippen molar-refractivity contribution in [3.63, 3.8) is 0 Å². The van der Waals surface area contributed by atoms with Gasteiger partial charge in [0, 0.05) is 17.1 Å². The summed E-state index contributed by atoms with van der Waals surface area (Å²) in [7, 11) is 3.40. The molecule has 0 saturated carbocycles. The van der Waals surface area contributed by atoms with Crippen LogP contribution in [0, 0.1) is 0 Å². The van der Waals surface area contributed by atoms with Gasteiger partial charge in [-0.25, -0.2) is 5.48 Å². The van der Waals surface area contributed by atoms with E-state index >= 15 is 0 Å². The Bertz CT molecular complexity index is 554. The molecule has 0 radical (unpaired) electrons. The predicted octanol–water partition coefficient (Wildman–Crippen LogP) is 2.44. The Morgan fingerprint density at radius 2 is 2.28 bits per heavy atom. The molecule has 0 saturated heterocycles. The third-order valence-corrected chi connectivity index (χ3v) is 3.78. The Morgan fingerprint density at radius 3 is 3.00 bits per heavy atom. The first-order valence-electron chi connectivity index (χ1n) is 5.38. The smallest absolute Gasteiger partial charge is 0.190 e. The van der Waals surface area contributed by atoms with E-state index in [2.05, 4.69) is 16.2 Å². The number of benzene rings is 1. The lowest BCUT2D eigenvalue weighted by Crippen LogP contribution is -2.32. The summed E-state index contributed by atoms with van der Waals surface area (Å²) in [5, 5.41) is 6.47. The van der Waals surface area contributed by atoms with E-state index in [0.717, 1.165) is 16.7 Å². The number of hydroxylamine groups is 1. The van der Waals surface area contributed by atoms with Crippen molar-refractivity contribution < 1.29 is 9.57 Å². The van der Waals surface area contributed by atoms with Crippen LogP contribution in [0.2, 0.25) is 0 Å². The summed E-state index contributed by atoms with van der Waals surface area (Å²) in [6.07, 6.45) is 0. The molecule has 1 heterocycles. The van der Waals surface area contributed by atoms with Crippen LogP contribution in [0.4, 0.5) is 0 Å². The maximum atomic E-state index is 5.32. The summed E-state index contributed by atoms with van der Waals surface area (Å²) in [4.78, 5) is 5.32. The first-order chi connectivity index (χ1) is 8.74. The largest absolute Gasteiger partial charge is 0.497 e. The van der Waals surface area contributed by atoms with Crippen molar-refractivity contribution in [1.29, 1.82) is 0 Å². The van der Waals surface area contributed by atoms with Crippen molar-refractivity contribution in [3.8, 4) is 5.75 Å². The fourth-order valence-corrected chi connectivity index (χ4v) is 2.52. The van der Waals surface area contributed by atoms with Crippen LogP contribution in [-0.2, 0) is 11.4 Å². The molecule has 2 rings (SSSR count). The lowest BCUT2D eigenvalue weighted by molar-refractivity contribution is 0.0718. The number of thiophene rings is 1. The van der Waals surface area contributed by atoms with Gasteiger partial charge in [-0.1, -0.05) is 0 Å². The first-order valence-corrected chi connectivity index (χ1v) is 6.67. The van der Waals surface area contributed by atoms with E-state index < -0.39 is 0 Å². The monoisotopic (exact) mass is 282 g/mol. The van der Waals surface area contributed by atoms with E-state index in [1.165, 1.54) is 4.70 Å². The Kier molecular flexibility index (Phi) is 4.35. The van der Waals surface area contributed by atoms with Gasteiger partial charge in [-0.15, -0.1) is 11.3 Å². The number of hydrogen-bond donors (Lipinski definition) is 2. The van der Waals surface area contributed by atoms with E-state index in [-0.39, 0.29) is 0 Å². The molecule has 0 aliphatic rings. The minimum Gasteiger partial charge on any atom is -0.497 e. The van der Waals surface area contributed by atoms with Crippen LogP contribution in [0.3, 0.4) is 0 Å². The van der Waals surface area contributed by atoms with E-state index in [1.807, 2.05) is 18.2 Å². The number of nitrogens with one attached hydrogen (secondary N) is 2. The zero-order valence-corrected chi connectivity index (χ0v) is 11.8. The molecule has 2 aromatic rings. The van der Waals surface area contributed by atoms with Crippen molar-refractivity contribution in [1.82, 2.24) is 10.8 Å². The number of rotatable bonds is 4. The second kappa shape index (κ2) is 5.99. The molecule has 96 valence electrons. The molecule has 1 aromatic heterocycles. The Balaban J connectivity index is 2.10. The molecule has 0 atom stereocenters. The number of thiocarbonyl (C=S) groups is 1. The molecule has 18 heavy (non-hydrogen) atoms. The van der Waals surface area contributed by atoms with Gasteiger partial charge in [0.25, 0.3) is 0 Å². The van der Waals surface area contributed by atoms with E-state index in [4.69, 9.17) is 21.8 Å². The molecule has 4 nitrogen and oxygen atoms in total. The molecule has 0 spiro atoms. The van der Waals surface area contributed by atoms with E-state index in [0.29, 0.717) is 11.7 Å². The van der Waals surface area contributed by atoms with Gasteiger partial charge in [0.1, 0.15) is 12.4 Å². The Morgan fingerprint density at radius 1 is 1.44 bits per heavy atom. The van der Waals surface area contributed by atoms with Gasteiger partial charge < -0.3 is 10.1 Å². The molecule has 2 N–H and O–H groups in total. The fourth-order valence-electron chi connectivity index (χ4n) is 1.53. The molecule has 0 aliphatic heterocycles. The number of methoxy groups -OCH3 is 1. The van der Waals surface area contributed by atoms with Crippen LogP contribution in [0.15, 0.2) is 23.6 Å². The molecule has 0 unspecified atom stereocenters. The predicted molar refractivity (Wildman–Crippen MR) is 78.0 cm³/mol. The molecule has 0 aliphatic carbocycles. The average Bonchev–Trinajstić information content (AvgIpc) is 2.81. The standard InChI is InChI=1S/C12H14N2O2S2/c1-13-12(17)14-16-6-8-7-18-11-4-3-9(15-2)5-10(8)11/h3-5,7H,6H2,1-2H3,(H2,13,14,17). The highest BCUT2D eigenvalue weighted by Gasteiger charge is 2.06. The van der Waals surface area contributed by atoms with Crippen molar-refractivity contribution in [2.45, 2.75) is 6.61 Å². The molecule has 0 bridgehead atoms. The maximum Gasteiger partial charge on any atom is 0.190 e. The molecule has 6 heteroatoms. The van der Waals surface area contributed by atoms with Crippen LogP contribution in [0.25, 0.3) is 10.1 Å². The molecular weight excluding hydrogens is 268 g/mol. The second-order valence-electron chi connectivity index (χ2n) is 3.59. The molecule has 0 fully saturated rings.